The highest BCUT2D eigenvalue weighted by Crippen LogP contribution is 2.24. The van der Waals surface area contributed by atoms with Gasteiger partial charge >= 0.3 is 0 Å². The number of nitrogens with two attached hydrogens (primary N) is 1. The minimum atomic E-state index is 0.0795. The van der Waals surface area contributed by atoms with Gasteiger partial charge in [-0.2, -0.15) is 4.98 Å². The lowest BCUT2D eigenvalue weighted by atomic mass is 9.96. The molecule has 0 radical (unpaired) electrons. The Balaban J connectivity index is 1.36. The van der Waals surface area contributed by atoms with Crippen LogP contribution in [0.2, 0.25) is 5.15 Å². The molecule has 7 nitrogen and oxygen atoms in total. The molecule has 0 saturated carbocycles. The molecule has 3 N–H and O–H groups in total. The van der Waals surface area contributed by atoms with Crippen molar-refractivity contribution in [1.29, 1.82) is 0 Å². The molecular weight excluding hydrogens is 352 g/mol. The lowest BCUT2D eigenvalue weighted by molar-refractivity contribution is -0.125. The van der Waals surface area contributed by atoms with Crippen LogP contribution in [0.3, 0.4) is 0 Å². The largest absolute Gasteiger partial charge is 0.368 e. The summed E-state index contributed by atoms with van der Waals surface area (Å²) in [6.45, 7) is 5.84. The highest BCUT2D eigenvalue weighted by atomic mass is 35.5. The average Bonchev–Trinajstić information content (AvgIpc) is 2.65. The van der Waals surface area contributed by atoms with E-state index in [0.717, 1.165) is 51.3 Å². The van der Waals surface area contributed by atoms with E-state index in [1.54, 1.807) is 6.07 Å². The quantitative estimate of drug-likeness (QED) is 0.579. The molecule has 0 spiro atoms. The first-order valence-electron chi connectivity index (χ1n) is 9.67. The Kier molecular flexibility index (Phi) is 6.91. The van der Waals surface area contributed by atoms with Crippen molar-refractivity contribution in [3.8, 4) is 0 Å². The van der Waals surface area contributed by atoms with Crippen molar-refractivity contribution in [3.05, 3.63) is 11.2 Å². The predicted octanol–water partition coefficient (Wildman–Crippen LogP) is 1.92. The fraction of sp³-hybridized carbons (Fsp3) is 0.722. The van der Waals surface area contributed by atoms with Crippen LogP contribution < -0.4 is 16.0 Å². The van der Waals surface area contributed by atoms with Gasteiger partial charge in [0.25, 0.3) is 0 Å². The minimum Gasteiger partial charge on any atom is -0.368 e. The van der Waals surface area contributed by atoms with Crippen molar-refractivity contribution in [1.82, 2.24) is 20.2 Å². The summed E-state index contributed by atoms with van der Waals surface area (Å²) in [6.07, 6.45) is 6.66. The normalized spacial score (nSPS) is 19.5. The second-order valence-electron chi connectivity index (χ2n) is 7.22. The molecule has 0 aliphatic carbocycles. The second kappa shape index (κ2) is 9.37. The standard InChI is InChI=1S/C18H29ClN6O/c19-15-13-16(23-18(20)22-15)25-11-5-14(6-12-25)17(26)21-7-4-10-24-8-2-1-3-9-24/h13-14H,1-12H2,(H,21,26)(H2,20,22,23). The summed E-state index contributed by atoms with van der Waals surface area (Å²) in [5.74, 6) is 1.18. The summed E-state index contributed by atoms with van der Waals surface area (Å²) in [5, 5.41) is 3.46. The number of nitrogen functional groups attached to an aromatic ring is 1. The topological polar surface area (TPSA) is 87.4 Å². The van der Waals surface area contributed by atoms with Crippen LogP contribution in [0, 0.1) is 5.92 Å². The monoisotopic (exact) mass is 380 g/mol. The number of rotatable bonds is 6. The number of likely N-dealkylation sites (tertiary alicyclic amines) is 1. The molecule has 0 unspecified atom stereocenters. The SMILES string of the molecule is Nc1nc(Cl)cc(N2CCC(C(=O)NCCCN3CCCCC3)CC2)n1. The van der Waals surface area contributed by atoms with Gasteiger partial charge in [-0.3, -0.25) is 4.79 Å². The van der Waals surface area contributed by atoms with E-state index in [-0.39, 0.29) is 17.8 Å². The zero-order valence-corrected chi connectivity index (χ0v) is 16.0. The van der Waals surface area contributed by atoms with Gasteiger partial charge in [0, 0.05) is 31.6 Å². The number of aromatic nitrogens is 2. The third kappa shape index (κ3) is 5.45. The smallest absolute Gasteiger partial charge is 0.223 e. The van der Waals surface area contributed by atoms with E-state index in [4.69, 9.17) is 17.3 Å². The molecule has 26 heavy (non-hydrogen) atoms. The number of hydrogen-bond acceptors (Lipinski definition) is 6. The molecule has 0 aromatic carbocycles. The molecule has 1 aromatic heterocycles. The number of amides is 1. The summed E-state index contributed by atoms with van der Waals surface area (Å²) in [6, 6.07) is 1.72. The zero-order chi connectivity index (χ0) is 18.4. The first-order chi connectivity index (χ1) is 12.6. The molecular formula is C18H29ClN6O. The van der Waals surface area contributed by atoms with E-state index >= 15 is 0 Å². The molecule has 2 aliphatic heterocycles. The molecule has 8 heteroatoms. The summed E-state index contributed by atoms with van der Waals surface area (Å²) in [5.41, 5.74) is 5.66. The first-order valence-corrected chi connectivity index (χ1v) is 10.0. The number of nitrogens with zero attached hydrogens (tertiary/aromatic N) is 4. The van der Waals surface area contributed by atoms with Crippen LogP contribution in [0.5, 0.6) is 0 Å². The lowest BCUT2D eigenvalue weighted by Gasteiger charge is -2.32. The molecule has 3 rings (SSSR count). The van der Waals surface area contributed by atoms with Gasteiger partial charge in [-0.05, 0) is 51.7 Å². The molecule has 1 aromatic rings. The van der Waals surface area contributed by atoms with Crippen molar-refractivity contribution in [3.63, 3.8) is 0 Å². The number of carbonyl (C=O) groups excluding carboxylic acids is 1. The van der Waals surface area contributed by atoms with E-state index in [1.165, 1.54) is 32.4 Å². The van der Waals surface area contributed by atoms with Crippen molar-refractivity contribution in [2.24, 2.45) is 5.92 Å². The summed E-state index contributed by atoms with van der Waals surface area (Å²) < 4.78 is 0. The summed E-state index contributed by atoms with van der Waals surface area (Å²) in [7, 11) is 0. The van der Waals surface area contributed by atoms with Gasteiger partial charge in [0.1, 0.15) is 11.0 Å². The van der Waals surface area contributed by atoms with Gasteiger partial charge in [-0.15, -0.1) is 0 Å². The summed E-state index contributed by atoms with van der Waals surface area (Å²) in [4.78, 5) is 25.1. The summed E-state index contributed by atoms with van der Waals surface area (Å²) >= 11 is 5.95. The Morgan fingerprint density at radius 2 is 1.92 bits per heavy atom. The van der Waals surface area contributed by atoms with Crippen molar-refractivity contribution >= 4 is 29.3 Å². The van der Waals surface area contributed by atoms with Gasteiger partial charge in [0.05, 0.1) is 0 Å². The molecule has 1 amide bonds. The first kappa shape index (κ1) is 19.2. The molecule has 0 atom stereocenters. The number of nitrogens with one attached hydrogen (secondary N) is 1. The number of anilines is 2. The molecule has 2 saturated heterocycles. The maximum atomic E-state index is 12.4. The lowest BCUT2D eigenvalue weighted by Crippen LogP contribution is -2.41. The van der Waals surface area contributed by atoms with E-state index in [0.29, 0.717) is 5.15 Å². The Morgan fingerprint density at radius 3 is 2.62 bits per heavy atom. The van der Waals surface area contributed by atoms with E-state index in [1.807, 2.05) is 0 Å². The van der Waals surface area contributed by atoms with Gasteiger partial charge in [-0.1, -0.05) is 18.0 Å². The molecule has 3 heterocycles. The fourth-order valence-corrected chi connectivity index (χ4v) is 3.98. The Hall–Kier alpha value is -1.60. The van der Waals surface area contributed by atoms with E-state index in [2.05, 4.69) is 25.1 Å². The Labute approximate surface area is 160 Å². The van der Waals surface area contributed by atoms with Crippen LogP contribution in [0.25, 0.3) is 0 Å². The van der Waals surface area contributed by atoms with Crippen molar-refractivity contribution in [2.45, 2.75) is 38.5 Å². The molecule has 144 valence electrons. The van der Waals surface area contributed by atoms with Crippen LogP contribution in [-0.2, 0) is 4.79 Å². The Morgan fingerprint density at radius 1 is 1.19 bits per heavy atom. The number of halogens is 1. The average molecular weight is 381 g/mol. The van der Waals surface area contributed by atoms with Crippen LogP contribution in [0.4, 0.5) is 11.8 Å². The van der Waals surface area contributed by atoms with Gasteiger partial charge in [0.15, 0.2) is 0 Å². The van der Waals surface area contributed by atoms with Crippen LogP contribution in [0.1, 0.15) is 38.5 Å². The van der Waals surface area contributed by atoms with Gasteiger partial charge in [0.2, 0.25) is 11.9 Å². The highest BCUT2D eigenvalue weighted by molar-refractivity contribution is 6.29. The highest BCUT2D eigenvalue weighted by Gasteiger charge is 2.25. The molecule has 2 fully saturated rings. The van der Waals surface area contributed by atoms with Crippen LogP contribution in [-0.4, -0.2) is 60.0 Å². The third-order valence-corrected chi connectivity index (χ3v) is 5.48. The second-order valence-corrected chi connectivity index (χ2v) is 7.60. The Bertz CT molecular complexity index is 579. The third-order valence-electron chi connectivity index (χ3n) is 5.29. The van der Waals surface area contributed by atoms with E-state index in [9.17, 15) is 4.79 Å². The van der Waals surface area contributed by atoms with Crippen molar-refractivity contribution < 1.29 is 4.79 Å². The van der Waals surface area contributed by atoms with Gasteiger partial charge in [-0.25, -0.2) is 4.98 Å². The number of carbonyl (C=O) groups is 1. The molecule has 0 bridgehead atoms. The maximum absolute atomic E-state index is 12.4. The van der Waals surface area contributed by atoms with Crippen LogP contribution in [0.15, 0.2) is 6.07 Å². The van der Waals surface area contributed by atoms with Crippen molar-refractivity contribution in [2.75, 3.05) is 49.9 Å². The zero-order valence-electron chi connectivity index (χ0n) is 15.3. The fourth-order valence-electron chi connectivity index (χ4n) is 3.80. The predicted molar refractivity (Wildman–Crippen MR) is 104 cm³/mol. The number of piperidine rings is 2. The number of hydrogen-bond donors (Lipinski definition) is 2. The maximum Gasteiger partial charge on any atom is 0.223 e. The van der Waals surface area contributed by atoms with Gasteiger partial charge < -0.3 is 20.9 Å². The van der Waals surface area contributed by atoms with E-state index < -0.39 is 0 Å². The minimum absolute atomic E-state index is 0.0795. The van der Waals surface area contributed by atoms with Crippen LogP contribution >= 0.6 is 11.6 Å². The molecule has 2 aliphatic rings.